The number of carbonyl (C=O) groups is 1. The number of methoxy groups -OCH3 is 2. The standard InChI is InChI=1S/C21H25N3O5/c1-14(17-8-7-16(28-2)13-20(17)29-3)22-21(25)18-12-15(24(26)27)6-9-19(18)23-10-4-5-11-23/h6-9,12-14H,4-5,10-11H2,1-3H3,(H,22,25). The van der Waals surface area contributed by atoms with Crippen molar-refractivity contribution in [2.24, 2.45) is 0 Å². The third kappa shape index (κ3) is 4.42. The maximum absolute atomic E-state index is 13.1. The summed E-state index contributed by atoms with van der Waals surface area (Å²) in [6, 6.07) is 9.47. The zero-order chi connectivity index (χ0) is 21.0. The zero-order valence-corrected chi connectivity index (χ0v) is 16.8. The van der Waals surface area contributed by atoms with Gasteiger partial charge in [0.2, 0.25) is 0 Å². The van der Waals surface area contributed by atoms with E-state index in [0.717, 1.165) is 37.2 Å². The molecule has 1 unspecified atom stereocenters. The van der Waals surface area contributed by atoms with Gasteiger partial charge in [0.15, 0.2) is 0 Å². The molecule has 29 heavy (non-hydrogen) atoms. The van der Waals surface area contributed by atoms with Gasteiger partial charge in [0.25, 0.3) is 11.6 Å². The molecule has 1 saturated heterocycles. The fourth-order valence-corrected chi connectivity index (χ4v) is 3.58. The minimum absolute atomic E-state index is 0.104. The summed E-state index contributed by atoms with van der Waals surface area (Å²) in [4.78, 5) is 25.9. The van der Waals surface area contributed by atoms with Crippen molar-refractivity contribution in [1.82, 2.24) is 5.32 Å². The maximum atomic E-state index is 13.1. The average molecular weight is 399 g/mol. The monoisotopic (exact) mass is 399 g/mol. The lowest BCUT2D eigenvalue weighted by molar-refractivity contribution is -0.384. The third-order valence-corrected chi connectivity index (χ3v) is 5.14. The summed E-state index contributed by atoms with van der Waals surface area (Å²) in [5.41, 5.74) is 1.71. The number of nitro groups is 1. The highest BCUT2D eigenvalue weighted by atomic mass is 16.6. The summed E-state index contributed by atoms with van der Waals surface area (Å²) in [5.74, 6) is 0.885. The summed E-state index contributed by atoms with van der Waals surface area (Å²) in [6.45, 7) is 3.51. The predicted octanol–water partition coefficient (Wildman–Crippen LogP) is 3.70. The molecule has 3 rings (SSSR count). The molecular formula is C21H25N3O5. The number of nitrogens with zero attached hydrogens (tertiary/aromatic N) is 2. The third-order valence-electron chi connectivity index (χ3n) is 5.14. The molecule has 0 bridgehead atoms. The lowest BCUT2D eigenvalue weighted by atomic mass is 10.0. The Morgan fingerprint density at radius 3 is 2.48 bits per heavy atom. The van der Waals surface area contributed by atoms with Crippen LogP contribution in [-0.4, -0.2) is 38.1 Å². The fourth-order valence-electron chi connectivity index (χ4n) is 3.58. The maximum Gasteiger partial charge on any atom is 0.270 e. The molecule has 1 atom stereocenters. The van der Waals surface area contributed by atoms with Gasteiger partial charge in [-0.3, -0.25) is 14.9 Å². The lowest BCUT2D eigenvalue weighted by Gasteiger charge is -2.23. The molecule has 0 saturated carbocycles. The smallest absolute Gasteiger partial charge is 0.270 e. The molecule has 1 heterocycles. The highest BCUT2D eigenvalue weighted by Gasteiger charge is 2.24. The van der Waals surface area contributed by atoms with Gasteiger partial charge >= 0.3 is 0 Å². The van der Waals surface area contributed by atoms with Crippen LogP contribution >= 0.6 is 0 Å². The van der Waals surface area contributed by atoms with Crippen molar-refractivity contribution in [1.29, 1.82) is 0 Å². The van der Waals surface area contributed by atoms with Gasteiger partial charge < -0.3 is 19.7 Å². The lowest BCUT2D eigenvalue weighted by Crippen LogP contribution is -2.29. The molecular weight excluding hydrogens is 374 g/mol. The molecule has 154 valence electrons. The van der Waals surface area contributed by atoms with Crippen LogP contribution in [0.1, 0.15) is 41.7 Å². The number of carbonyl (C=O) groups excluding carboxylic acids is 1. The van der Waals surface area contributed by atoms with E-state index in [1.54, 1.807) is 32.4 Å². The normalized spacial score (nSPS) is 14.4. The molecule has 8 heteroatoms. The van der Waals surface area contributed by atoms with E-state index in [4.69, 9.17) is 9.47 Å². The minimum atomic E-state index is -0.486. The largest absolute Gasteiger partial charge is 0.497 e. The van der Waals surface area contributed by atoms with Crippen LogP contribution in [0.15, 0.2) is 36.4 Å². The Kier molecular flexibility index (Phi) is 6.21. The molecule has 1 N–H and O–H groups in total. The Bertz CT molecular complexity index is 909. The second-order valence-corrected chi connectivity index (χ2v) is 6.96. The molecule has 1 aliphatic rings. The Morgan fingerprint density at radius 1 is 1.14 bits per heavy atom. The number of hydrogen-bond acceptors (Lipinski definition) is 6. The highest BCUT2D eigenvalue weighted by Crippen LogP contribution is 2.31. The molecule has 0 aliphatic carbocycles. The molecule has 0 aromatic heterocycles. The molecule has 1 amide bonds. The summed E-state index contributed by atoms with van der Waals surface area (Å²) < 4.78 is 10.6. The van der Waals surface area contributed by atoms with Crippen molar-refractivity contribution in [3.05, 3.63) is 57.6 Å². The van der Waals surface area contributed by atoms with Gasteiger partial charge in [-0.15, -0.1) is 0 Å². The Morgan fingerprint density at radius 2 is 1.86 bits per heavy atom. The Labute approximate surface area is 169 Å². The number of amides is 1. The summed E-state index contributed by atoms with van der Waals surface area (Å²) in [5, 5.41) is 14.2. The first-order valence-corrected chi connectivity index (χ1v) is 9.50. The van der Waals surface area contributed by atoms with Crippen LogP contribution in [0.25, 0.3) is 0 Å². The number of nitro benzene ring substituents is 1. The number of nitrogens with one attached hydrogen (secondary N) is 1. The number of ether oxygens (including phenoxy) is 2. The van der Waals surface area contributed by atoms with Gasteiger partial charge in [0, 0.05) is 36.9 Å². The van der Waals surface area contributed by atoms with Gasteiger partial charge in [0.05, 0.1) is 36.4 Å². The van der Waals surface area contributed by atoms with Gasteiger partial charge in [-0.05, 0) is 38.0 Å². The van der Waals surface area contributed by atoms with Crippen LogP contribution in [0.5, 0.6) is 11.5 Å². The van der Waals surface area contributed by atoms with Crippen LogP contribution < -0.4 is 19.7 Å². The highest BCUT2D eigenvalue weighted by molar-refractivity contribution is 6.00. The molecule has 2 aromatic carbocycles. The summed E-state index contributed by atoms with van der Waals surface area (Å²) >= 11 is 0. The number of hydrogen-bond donors (Lipinski definition) is 1. The quantitative estimate of drug-likeness (QED) is 0.564. The first-order chi connectivity index (χ1) is 13.9. The van der Waals surface area contributed by atoms with Crippen LogP contribution in [-0.2, 0) is 0 Å². The van der Waals surface area contributed by atoms with Gasteiger partial charge in [-0.25, -0.2) is 0 Å². The first kappa shape index (κ1) is 20.4. The van der Waals surface area contributed by atoms with E-state index in [-0.39, 0.29) is 17.6 Å². The number of rotatable bonds is 7. The van der Waals surface area contributed by atoms with Gasteiger partial charge in [-0.1, -0.05) is 0 Å². The topological polar surface area (TPSA) is 93.9 Å². The Balaban J connectivity index is 1.89. The first-order valence-electron chi connectivity index (χ1n) is 9.50. The van der Waals surface area contributed by atoms with Crippen molar-refractivity contribution in [3.8, 4) is 11.5 Å². The molecule has 1 fully saturated rings. The van der Waals surface area contributed by atoms with Crippen LogP contribution in [0.3, 0.4) is 0 Å². The van der Waals surface area contributed by atoms with Crippen molar-refractivity contribution in [3.63, 3.8) is 0 Å². The molecule has 1 aliphatic heterocycles. The van der Waals surface area contributed by atoms with Crippen molar-refractivity contribution >= 4 is 17.3 Å². The van der Waals surface area contributed by atoms with E-state index in [0.29, 0.717) is 17.1 Å². The minimum Gasteiger partial charge on any atom is -0.497 e. The van der Waals surface area contributed by atoms with E-state index in [1.165, 1.54) is 12.1 Å². The Hall–Kier alpha value is -3.29. The van der Waals surface area contributed by atoms with Crippen LogP contribution in [0.2, 0.25) is 0 Å². The molecule has 8 nitrogen and oxygen atoms in total. The fraction of sp³-hybridized carbons (Fsp3) is 0.381. The number of non-ortho nitro benzene ring substituents is 1. The predicted molar refractivity (Wildman–Crippen MR) is 110 cm³/mol. The van der Waals surface area contributed by atoms with Crippen molar-refractivity contribution < 1.29 is 19.2 Å². The SMILES string of the molecule is COc1ccc(C(C)NC(=O)c2cc([N+](=O)[O-])ccc2N2CCCC2)c(OC)c1. The zero-order valence-electron chi connectivity index (χ0n) is 16.8. The van der Waals surface area contributed by atoms with E-state index < -0.39 is 4.92 Å². The average Bonchev–Trinajstić information content (AvgIpc) is 3.27. The van der Waals surface area contributed by atoms with Gasteiger partial charge in [0.1, 0.15) is 11.5 Å². The molecule has 0 radical (unpaired) electrons. The summed E-state index contributed by atoms with van der Waals surface area (Å²) in [7, 11) is 3.13. The van der Waals surface area contributed by atoms with Crippen LogP contribution in [0, 0.1) is 10.1 Å². The van der Waals surface area contributed by atoms with E-state index >= 15 is 0 Å². The van der Waals surface area contributed by atoms with Crippen molar-refractivity contribution in [2.45, 2.75) is 25.8 Å². The van der Waals surface area contributed by atoms with Gasteiger partial charge in [-0.2, -0.15) is 0 Å². The summed E-state index contributed by atoms with van der Waals surface area (Å²) in [6.07, 6.45) is 2.08. The number of anilines is 1. The second kappa shape index (κ2) is 8.81. The van der Waals surface area contributed by atoms with E-state index in [9.17, 15) is 14.9 Å². The van der Waals surface area contributed by atoms with E-state index in [1.807, 2.05) is 13.0 Å². The van der Waals surface area contributed by atoms with Crippen LogP contribution in [0.4, 0.5) is 11.4 Å². The molecule has 2 aromatic rings. The molecule has 0 spiro atoms. The van der Waals surface area contributed by atoms with Crippen molar-refractivity contribution in [2.75, 3.05) is 32.2 Å². The number of benzene rings is 2. The van der Waals surface area contributed by atoms with E-state index in [2.05, 4.69) is 10.2 Å². The second-order valence-electron chi connectivity index (χ2n) is 6.96.